The summed E-state index contributed by atoms with van der Waals surface area (Å²) in [6.07, 6.45) is 1.14. The molecular weight excluding hydrogens is 206 g/mol. The maximum atomic E-state index is 2.40. The Morgan fingerprint density at radius 1 is 0.941 bits per heavy atom. The van der Waals surface area contributed by atoms with Crippen molar-refractivity contribution in [3.05, 3.63) is 54.1 Å². The van der Waals surface area contributed by atoms with Gasteiger partial charge < -0.3 is 4.90 Å². The van der Waals surface area contributed by atoms with Crippen LogP contribution in [0.15, 0.2) is 48.5 Å². The van der Waals surface area contributed by atoms with Gasteiger partial charge in [0.25, 0.3) is 0 Å². The van der Waals surface area contributed by atoms with Crippen molar-refractivity contribution in [3.8, 4) is 11.1 Å². The van der Waals surface area contributed by atoms with Crippen LogP contribution in [0.4, 0.5) is 5.69 Å². The minimum absolute atomic E-state index is 0.501. The van der Waals surface area contributed by atoms with Gasteiger partial charge in [-0.25, -0.2) is 0 Å². The molecule has 1 heteroatoms. The van der Waals surface area contributed by atoms with E-state index in [1.54, 1.807) is 0 Å². The first kappa shape index (κ1) is 10.4. The molecule has 0 fully saturated rings. The monoisotopic (exact) mass is 223 g/mol. The molecule has 1 unspecified atom stereocenters. The van der Waals surface area contributed by atoms with Crippen LogP contribution in [0.5, 0.6) is 0 Å². The second-order valence-electron chi connectivity index (χ2n) is 4.64. The molecule has 17 heavy (non-hydrogen) atoms. The molecule has 86 valence electrons. The summed E-state index contributed by atoms with van der Waals surface area (Å²) in [5.41, 5.74) is 5.55. The predicted octanol–water partition coefficient (Wildman–Crippen LogP) is 4.25. The van der Waals surface area contributed by atoms with E-state index < -0.39 is 0 Å². The highest BCUT2D eigenvalue weighted by molar-refractivity contribution is 5.84. The highest BCUT2D eigenvalue weighted by Gasteiger charge is 2.26. The van der Waals surface area contributed by atoms with Crippen LogP contribution in [-0.4, -0.2) is 7.05 Å². The van der Waals surface area contributed by atoms with Gasteiger partial charge in [-0.15, -0.1) is 0 Å². The van der Waals surface area contributed by atoms with Gasteiger partial charge in [0, 0.05) is 18.3 Å². The van der Waals surface area contributed by atoms with Crippen LogP contribution in [0.2, 0.25) is 0 Å². The van der Waals surface area contributed by atoms with Crippen molar-refractivity contribution in [1.29, 1.82) is 0 Å². The molecule has 0 amide bonds. The number of para-hydroxylation sites is 1. The summed E-state index contributed by atoms with van der Waals surface area (Å²) in [5.74, 6) is 0. The van der Waals surface area contributed by atoms with Crippen molar-refractivity contribution >= 4 is 5.69 Å². The standard InChI is InChI=1S/C16H17N/c1-3-15-13-9-5-4-8-12(13)14-10-6-7-11-16(14)17(15)2/h4-11,15H,3H2,1-2H3. The van der Waals surface area contributed by atoms with Crippen molar-refractivity contribution in [1.82, 2.24) is 0 Å². The Morgan fingerprint density at radius 2 is 1.59 bits per heavy atom. The summed E-state index contributed by atoms with van der Waals surface area (Å²) in [7, 11) is 2.20. The fraction of sp³-hybridized carbons (Fsp3) is 0.250. The van der Waals surface area contributed by atoms with Gasteiger partial charge in [-0.2, -0.15) is 0 Å². The first-order chi connectivity index (χ1) is 8.33. The number of anilines is 1. The Kier molecular flexibility index (Phi) is 2.40. The molecule has 3 rings (SSSR count). The Morgan fingerprint density at radius 3 is 2.35 bits per heavy atom. The number of benzene rings is 2. The highest BCUT2D eigenvalue weighted by atomic mass is 15.1. The van der Waals surface area contributed by atoms with E-state index in [1.165, 1.54) is 22.4 Å². The van der Waals surface area contributed by atoms with Gasteiger partial charge in [0.05, 0.1) is 6.04 Å². The molecular formula is C16H17N. The van der Waals surface area contributed by atoms with E-state index >= 15 is 0 Å². The molecule has 0 bridgehead atoms. The molecule has 1 aliphatic rings. The maximum absolute atomic E-state index is 2.40. The average molecular weight is 223 g/mol. The van der Waals surface area contributed by atoms with Crippen LogP contribution >= 0.6 is 0 Å². The second-order valence-corrected chi connectivity index (χ2v) is 4.64. The molecule has 1 heterocycles. The van der Waals surface area contributed by atoms with Crippen LogP contribution in [0, 0.1) is 0 Å². The van der Waals surface area contributed by atoms with Gasteiger partial charge in [-0.3, -0.25) is 0 Å². The van der Waals surface area contributed by atoms with Gasteiger partial charge in [0.1, 0.15) is 0 Å². The number of hydrogen-bond acceptors (Lipinski definition) is 1. The van der Waals surface area contributed by atoms with Crippen LogP contribution in [0.3, 0.4) is 0 Å². The largest absolute Gasteiger partial charge is 0.367 e. The first-order valence-electron chi connectivity index (χ1n) is 6.24. The number of nitrogens with zero attached hydrogens (tertiary/aromatic N) is 1. The predicted molar refractivity (Wildman–Crippen MR) is 73.3 cm³/mol. The molecule has 2 aromatic rings. The van der Waals surface area contributed by atoms with E-state index in [1.807, 2.05) is 0 Å². The number of rotatable bonds is 1. The summed E-state index contributed by atoms with van der Waals surface area (Å²) in [6, 6.07) is 18.0. The lowest BCUT2D eigenvalue weighted by molar-refractivity contribution is 0.643. The zero-order valence-corrected chi connectivity index (χ0v) is 10.4. The molecule has 1 aliphatic heterocycles. The van der Waals surface area contributed by atoms with Crippen molar-refractivity contribution in [2.45, 2.75) is 19.4 Å². The molecule has 1 atom stereocenters. The topological polar surface area (TPSA) is 3.24 Å². The van der Waals surface area contributed by atoms with Gasteiger partial charge in [-0.1, -0.05) is 49.4 Å². The molecule has 0 N–H and O–H groups in total. The normalized spacial score (nSPS) is 17.5. The number of hydrogen-bond donors (Lipinski definition) is 0. The Hall–Kier alpha value is -1.76. The third-order valence-corrected chi connectivity index (χ3v) is 3.75. The van der Waals surface area contributed by atoms with Crippen molar-refractivity contribution < 1.29 is 0 Å². The summed E-state index contributed by atoms with van der Waals surface area (Å²) in [5, 5.41) is 0. The minimum Gasteiger partial charge on any atom is -0.367 e. The minimum atomic E-state index is 0.501. The van der Waals surface area contributed by atoms with Crippen LogP contribution in [0.1, 0.15) is 24.9 Å². The molecule has 0 saturated carbocycles. The SMILES string of the molecule is CCC1c2ccccc2-c2ccccc2N1C. The smallest absolute Gasteiger partial charge is 0.0542 e. The van der Waals surface area contributed by atoms with Gasteiger partial charge in [0.15, 0.2) is 0 Å². The quantitative estimate of drug-likeness (QED) is 0.698. The Bertz CT molecular complexity index is 545. The van der Waals surface area contributed by atoms with Gasteiger partial charge >= 0.3 is 0 Å². The zero-order chi connectivity index (χ0) is 11.8. The third-order valence-electron chi connectivity index (χ3n) is 3.75. The van der Waals surface area contributed by atoms with E-state index in [2.05, 4.69) is 67.4 Å². The van der Waals surface area contributed by atoms with Crippen LogP contribution < -0.4 is 4.90 Å². The molecule has 0 radical (unpaired) electrons. The van der Waals surface area contributed by atoms with Gasteiger partial charge in [0.2, 0.25) is 0 Å². The summed E-state index contributed by atoms with van der Waals surface area (Å²) in [4.78, 5) is 2.40. The fourth-order valence-corrected chi connectivity index (χ4v) is 2.91. The molecule has 0 saturated heterocycles. The van der Waals surface area contributed by atoms with E-state index in [-0.39, 0.29) is 0 Å². The summed E-state index contributed by atoms with van der Waals surface area (Å²) < 4.78 is 0. The lowest BCUT2D eigenvalue weighted by Crippen LogP contribution is -2.27. The van der Waals surface area contributed by atoms with E-state index in [0.29, 0.717) is 6.04 Å². The maximum Gasteiger partial charge on any atom is 0.0542 e. The van der Waals surface area contributed by atoms with Gasteiger partial charge in [-0.05, 0) is 23.6 Å². The lowest BCUT2D eigenvalue weighted by atomic mass is 9.87. The van der Waals surface area contributed by atoms with E-state index in [4.69, 9.17) is 0 Å². The van der Waals surface area contributed by atoms with Crippen molar-refractivity contribution in [2.24, 2.45) is 0 Å². The van der Waals surface area contributed by atoms with Crippen molar-refractivity contribution in [3.63, 3.8) is 0 Å². The van der Waals surface area contributed by atoms with Crippen LogP contribution in [-0.2, 0) is 0 Å². The Labute approximate surface area is 103 Å². The molecule has 0 aromatic heterocycles. The zero-order valence-electron chi connectivity index (χ0n) is 10.4. The van der Waals surface area contributed by atoms with E-state index in [9.17, 15) is 0 Å². The van der Waals surface area contributed by atoms with E-state index in [0.717, 1.165) is 6.42 Å². The third kappa shape index (κ3) is 1.46. The summed E-state index contributed by atoms with van der Waals surface area (Å²) in [6.45, 7) is 2.26. The fourth-order valence-electron chi connectivity index (χ4n) is 2.91. The molecule has 0 aliphatic carbocycles. The highest BCUT2D eigenvalue weighted by Crippen LogP contribution is 2.44. The lowest BCUT2D eigenvalue weighted by Gasteiger charge is -2.37. The molecule has 1 nitrogen and oxygen atoms in total. The molecule has 2 aromatic carbocycles. The Balaban J connectivity index is 2.29. The van der Waals surface area contributed by atoms with Crippen molar-refractivity contribution in [2.75, 3.05) is 11.9 Å². The second kappa shape index (κ2) is 3.92. The number of fused-ring (bicyclic) bond motifs is 3. The van der Waals surface area contributed by atoms with Crippen LogP contribution in [0.25, 0.3) is 11.1 Å². The summed E-state index contributed by atoms with van der Waals surface area (Å²) >= 11 is 0. The average Bonchev–Trinajstić information content (AvgIpc) is 2.40. The molecule has 0 spiro atoms. The first-order valence-corrected chi connectivity index (χ1v) is 6.24.